The smallest absolute Gasteiger partial charge is 0.339 e. The second-order valence-electron chi connectivity index (χ2n) is 6.72. The molecule has 136 valence electrons. The van der Waals surface area contributed by atoms with E-state index in [0.717, 1.165) is 11.1 Å². The summed E-state index contributed by atoms with van der Waals surface area (Å²) in [5.74, 6) is -0.881. The first-order valence-electron chi connectivity index (χ1n) is 8.42. The minimum Gasteiger partial charge on any atom is -0.445 e. The Balaban J connectivity index is 1.58. The van der Waals surface area contributed by atoms with Crippen LogP contribution in [0.15, 0.2) is 48.8 Å². The number of tetrazole rings is 1. The van der Waals surface area contributed by atoms with Crippen molar-refractivity contribution in [3.63, 3.8) is 0 Å². The van der Waals surface area contributed by atoms with E-state index in [2.05, 4.69) is 20.8 Å². The Hall–Kier alpha value is -3.55. The van der Waals surface area contributed by atoms with Crippen LogP contribution in [0.5, 0.6) is 0 Å². The molecule has 2 heterocycles. The maximum Gasteiger partial charge on any atom is 0.339 e. The summed E-state index contributed by atoms with van der Waals surface area (Å²) in [7, 11) is 0. The zero-order valence-electron chi connectivity index (χ0n) is 14.8. The number of nitrogens with zero attached hydrogens (tertiary/aromatic N) is 4. The van der Waals surface area contributed by atoms with Gasteiger partial charge in [0.25, 0.3) is 5.91 Å². The van der Waals surface area contributed by atoms with Crippen molar-refractivity contribution in [3.05, 3.63) is 65.5 Å². The molecule has 8 heteroatoms. The maximum atomic E-state index is 12.9. The van der Waals surface area contributed by atoms with Crippen molar-refractivity contribution in [1.29, 1.82) is 0 Å². The number of aromatic nitrogens is 4. The fraction of sp³-hybridized carbons (Fsp3) is 0.211. The average molecular weight is 363 g/mol. The number of cyclic esters (lactones) is 1. The van der Waals surface area contributed by atoms with Crippen molar-refractivity contribution in [2.75, 3.05) is 5.32 Å². The van der Waals surface area contributed by atoms with E-state index >= 15 is 0 Å². The second-order valence-corrected chi connectivity index (χ2v) is 6.72. The lowest BCUT2D eigenvalue weighted by Crippen LogP contribution is -2.48. The highest BCUT2D eigenvalue weighted by Gasteiger charge is 2.42. The summed E-state index contributed by atoms with van der Waals surface area (Å²) in [4.78, 5) is 25.2. The van der Waals surface area contributed by atoms with Gasteiger partial charge in [-0.2, -0.15) is 0 Å². The van der Waals surface area contributed by atoms with Crippen LogP contribution in [0.4, 0.5) is 5.69 Å². The third-order valence-electron chi connectivity index (χ3n) is 4.52. The van der Waals surface area contributed by atoms with Gasteiger partial charge in [-0.3, -0.25) is 4.79 Å². The molecular formula is C19H17N5O3. The van der Waals surface area contributed by atoms with E-state index in [1.54, 1.807) is 31.2 Å². The van der Waals surface area contributed by atoms with Gasteiger partial charge in [0.1, 0.15) is 6.33 Å². The minimum atomic E-state index is -1.29. The van der Waals surface area contributed by atoms with Crippen LogP contribution in [0.3, 0.4) is 0 Å². The Morgan fingerprint density at radius 1 is 1.26 bits per heavy atom. The quantitative estimate of drug-likeness (QED) is 0.715. The number of amides is 1. The molecule has 0 aliphatic carbocycles. The highest BCUT2D eigenvalue weighted by molar-refractivity contribution is 6.02. The van der Waals surface area contributed by atoms with Crippen LogP contribution in [0.25, 0.3) is 5.69 Å². The van der Waals surface area contributed by atoms with Crippen molar-refractivity contribution in [2.45, 2.75) is 25.9 Å². The van der Waals surface area contributed by atoms with Gasteiger partial charge in [0.05, 0.1) is 11.3 Å². The topological polar surface area (TPSA) is 99.0 Å². The molecule has 1 aliphatic rings. The normalized spacial score (nSPS) is 18.5. The standard InChI is InChI=1S/C19H17N5O3/c1-12-6-7-16-13(8-12)10-19(2,27-17(16)25)18(26)21-14-4-3-5-15(9-14)24-11-20-22-23-24/h3-9,11H,10H2,1-2H3,(H,21,26)/t19-/m0/s1. The third-order valence-corrected chi connectivity index (χ3v) is 4.52. The van der Waals surface area contributed by atoms with E-state index in [1.807, 2.05) is 25.1 Å². The predicted molar refractivity (Wildman–Crippen MR) is 96.5 cm³/mol. The Morgan fingerprint density at radius 2 is 2.11 bits per heavy atom. The monoisotopic (exact) mass is 363 g/mol. The van der Waals surface area contributed by atoms with Gasteiger partial charge in [-0.05, 0) is 54.1 Å². The highest BCUT2D eigenvalue weighted by Crippen LogP contribution is 2.30. The van der Waals surface area contributed by atoms with Gasteiger partial charge in [-0.25, -0.2) is 9.48 Å². The molecule has 0 saturated heterocycles. The zero-order chi connectivity index (χ0) is 19.0. The molecule has 0 bridgehead atoms. The Kier molecular flexibility index (Phi) is 3.95. The number of hydrogen-bond acceptors (Lipinski definition) is 6. The van der Waals surface area contributed by atoms with E-state index < -0.39 is 17.5 Å². The summed E-state index contributed by atoms with van der Waals surface area (Å²) in [6.45, 7) is 3.57. The molecule has 1 N–H and O–H groups in total. The predicted octanol–water partition coefficient (Wildman–Crippen LogP) is 2.08. The van der Waals surface area contributed by atoms with Gasteiger partial charge in [-0.1, -0.05) is 23.8 Å². The Morgan fingerprint density at radius 3 is 2.89 bits per heavy atom. The zero-order valence-corrected chi connectivity index (χ0v) is 14.8. The van der Waals surface area contributed by atoms with Crippen molar-refractivity contribution in [2.24, 2.45) is 0 Å². The van der Waals surface area contributed by atoms with Crippen LogP contribution in [0.1, 0.15) is 28.4 Å². The summed E-state index contributed by atoms with van der Waals surface area (Å²) < 4.78 is 6.97. The van der Waals surface area contributed by atoms with Crippen molar-refractivity contribution < 1.29 is 14.3 Å². The van der Waals surface area contributed by atoms with E-state index in [-0.39, 0.29) is 0 Å². The number of hydrogen-bond donors (Lipinski definition) is 1. The van der Waals surface area contributed by atoms with Crippen LogP contribution in [0.2, 0.25) is 0 Å². The molecule has 0 fully saturated rings. The lowest BCUT2D eigenvalue weighted by atomic mass is 9.88. The number of rotatable bonds is 3. The molecule has 2 aromatic carbocycles. The summed E-state index contributed by atoms with van der Waals surface area (Å²) in [5.41, 5.74) is 2.31. The van der Waals surface area contributed by atoms with Gasteiger partial charge in [0, 0.05) is 12.1 Å². The maximum absolute atomic E-state index is 12.9. The molecule has 1 aromatic heterocycles. The Bertz CT molecular complexity index is 1030. The number of carbonyl (C=O) groups is 2. The number of benzene rings is 2. The number of carbonyl (C=O) groups excluding carboxylic acids is 2. The van der Waals surface area contributed by atoms with Crippen LogP contribution in [-0.4, -0.2) is 37.7 Å². The molecule has 1 aliphatic heterocycles. The Labute approximate surface area is 155 Å². The number of anilines is 1. The van der Waals surface area contributed by atoms with Gasteiger partial charge >= 0.3 is 5.97 Å². The SMILES string of the molecule is Cc1ccc2c(c1)C[C@@](C)(C(=O)Nc1cccc(-n3cnnn3)c1)OC2=O. The summed E-state index contributed by atoms with van der Waals surface area (Å²) in [6, 6.07) is 12.6. The van der Waals surface area contributed by atoms with Crippen LogP contribution >= 0.6 is 0 Å². The second kappa shape index (κ2) is 6.31. The van der Waals surface area contributed by atoms with Crippen molar-refractivity contribution >= 4 is 17.6 Å². The summed E-state index contributed by atoms with van der Waals surface area (Å²) in [5, 5.41) is 13.8. The van der Waals surface area contributed by atoms with Crippen LogP contribution in [-0.2, 0) is 16.0 Å². The first kappa shape index (κ1) is 16.9. The van der Waals surface area contributed by atoms with E-state index in [0.29, 0.717) is 23.4 Å². The number of nitrogens with one attached hydrogen (secondary N) is 1. The average Bonchev–Trinajstić information content (AvgIpc) is 3.16. The number of ether oxygens (including phenoxy) is 1. The van der Waals surface area contributed by atoms with Gasteiger partial charge in [0.2, 0.25) is 0 Å². The largest absolute Gasteiger partial charge is 0.445 e. The van der Waals surface area contributed by atoms with Gasteiger partial charge < -0.3 is 10.1 Å². The fourth-order valence-corrected chi connectivity index (χ4v) is 3.12. The molecule has 0 unspecified atom stereocenters. The molecular weight excluding hydrogens is 346 g/mol. The molecule has 0 spiro atoms. The number of aryl methyl sites for hydroxylation is 1. The van der Waals surface area contributed by atoms with Crippen molar-refractivity contribution in [3.8, 4) is 5.69 Å². The summed E-state index contributed by atoms with van der Waals surface area (Å²) >= 11 is 0. The molecule has 0 radical (unpaired) electrons. The number of esters is 1. The third kappa shape index (κ3) is 3.17. The summed E-state index contributed by atoms with van der Waals surface area (Å²) in [6.07, 6.45) is 1.78. The fourth-order valence-electron chi connectivity index (χ4n) is 3.12. The first-order valence-corrected chi connectivity index (χ1v) is 8.42. The molecule has 0 saturated carbocycles. The van der Waals surface area contributed by atoms with E-state index in [4.69, 9.17) is 4.74 Å². The van der Waals surface area contributed by atoms with Gasteiger partial charge in [0.15, 0.2) is 5.60 Å². The van der Waals surface area contributed by atoms with Crippen LogP contribution in [0, 0.1) is 6.92 Å². The van der Waals surface area contributed by atoms with E-state index in [1.165, 1.54) is 11.0 Å². The highest BCUT2D eigenvalue weighted by atomic mass is 16.6. The number of fused-ring (bicyclic) bond motifs is 1. The molecule has 1 amide bonds. The van der Waals surface area contributed by atoms with Crippen molar-refractivity contribution in [1.82, 2.24) is 20.2 Å². The molecule has 27 heavy (non-hydrogen) atoms. The van der Waals surface area contributed by atoms with Gasteiger partial charge in [-0.15, -0.1) is 5.10 Å². The minimum absolute atomic E-state index is 0.314. The molecule has 8 nitrogen and oxygen atoms in total. The molecule has 1 atom stereocenters. The van der Waals surface area contributed by atoms with E-state index in [9.17, 15) is 9.59 Å². The molecule has 3 aromatic rings. The molecule has 4 rings (SSSR count). The van der Waals surface area contributed by atoms with Crippen LogP contribution < -0.4 is 5.32 Å². The lowest BCUT2D eigenvalue weighted by Gasteiger charge is -2.33. The lowest BCUT2D eigenvalue weighted by molar-refractivity contribution is -0.134. The first-order chi connectivity index (χ1) is 12.9.